The largest absolute Gasteiger partial charge is 4.00 e. The van der Waals surface area contributed by atoms with E-state index in [9.17, 15) is 0 Å². The molecule has 5 heteroatoms. The minimum atomic E-state index is -0.671. The van der Waals surface area contributed by atoms with Crippen molar-refractivity contribution >= 4 is 19.7 Å². The van der Waals surface area contributed by atoms with Gasteiger partial charge in [0.25, 0.3) is 0 Å². The summed E-state index contributed by atoms with van der Waals surface area (Å²) in [6.07, 6.45) is 5.34. The molecule has 24 heavy (non-hydrogen) atoms. The Kier molecular flexibility index (Phi) is 13.1. The van der Waals surface area contributed by atoms with Crippen molar-refractivity contribution in [3.63, 3.8) is 0 Å². The van der Waals surface area contributed by atoms with Gasteiger partial charge in [0.2, 0.25) is 0 Å². The van der Waals surface area contributed by atoms with E-state index in [4.69, 9.17) is 0 Å². The molecule has 1 aliphatic rings. The van der Waals surface area contributed by atoms with E-state index in [0.717, 1.165) is 0 Å². The summed E-state index contributed by atoms with van der Waals surface area (Å²) in [5, 5.41) is 2.94. The van der Waals surface area contributed by atoms with Crippen LogP contribution in [0.4, 0.5) is 0 Å². The number of halogens is 2. The van der Waals surface area contributed by atoms with E-state index in [1.165, 1.54) is 36.5 Å². The Balaban J connectivity index is 0. The summed E-state index contributed by atoms with van der Waals surface area (Å²) in [5.74, 6) is 0. The Bertz CT molecular complexity index is 591. The third-order valence-corrected chi connectivity index (χ3v) is 5.06. The van der Waals surface area contributed by atoms with Gasteiger partial charge in [-0.05, 0) is 6.42 Å². The van der Waals surface area contributed by atoms with E-state index in [1.54, 1.807) is 11.1 Å². The van der Waals surface area contributed by atoms with Gasteiger partial charge >= 0.3 is 21.7 Å². The minimum absolute atomic E-state index is 0. The molecule has 0 fully saturated rings. The molecule has 0 unspecified atom stereocenters. The SMILES string of the molecule is C[SiH](C)[N-]C(C)(C)C.[Cl-].[Cl-].[Ti+4].c1ccc2c3c([cH-]c2c1)CCCC3. The standard InChI is InChI=1S/C13H13.C6H16NSi.2ClH.Ti/c1-3-7-12-10(5-1)9-11-6-2-4-8-13(11)12;1-6(2,3)7-8(4)5;;;/h1,3,5,7,9H,2,4,6,8H2;8H,1-5H3;2*1H;/q2*-1;;;+4/p-2. The average Bonchev–Trinajstić information content (AvgIpc) is 2.75. The van der Waals surface area contributed by atoms with Crippen LogP contribution in [0, 0.1) is 0 Å². The fourth-order valence-electron chi connectivity index (χ4n) is 3.26. The van der Waals surface area contributed by atoms with Crippen LogP contribution in [0.15, 0.2) is 30.3 Å². The van der Waals surface area contributed by atoms with E-state index >= 15 is 0 Å². The zero-order valence-corrected chi connectivity index (χ0v) is 19.7. The molecule has 2 aromatic rings. The molecule has 0 saturated heterocycles. The molecule has 0 amide bonds. The Morgan fingerprint density at radius 3 is 2.12 bits per heavy atom. The number of fused-ring (bicyclic) bond motifs is 3. The molecule has 0 saturated carbocycles. The van der Waals surface area contributed by atoms with Crippen LogP contribution in [-0.2, 0) is 34.6 Å². The molecule has 0 heterocycles. The molecule has 0 aliphatic heterocycles. The molecule has 1 aliphatic carbocycles. The molecular weight excluding hydrogens is 389 g/mol. The van der Waals surface area contributed by atoms with Crippen LogP contribution < -0.4 is 24.8 Å². The van der Waals surface area contributed by atoms with Gasteiger partial charge in [-0.1, -0.05) is 68.2 Å². The third kappa shape index (κ3) is 8.12. The molecular formula is C19H29Cl2NSiTi. The van der Waals surface area contributed by atoms with Crippen LogP contribution in [0.5, 0.6) is 0 Å². The molecule has 132 valence electrons. The van der Waals surface area contributed by atoms with Gasteiger partial charge in [-0.2, -0.15) is 5.56 Å². The maximum absolute atomic E-state index is 4.55. The predicted molar refractivity (Wildman–Crippen MR) is 98.2 cm³/mol. The molecule has 1 nitrogen and oxygen atoms in total. The summed E-state index contributed by atoms with van der Waals surface area (Å²) < 4.78 is 0. The molecule has 0 spiro atoms. The van der Waals surface area contributed by atoms with Crippen molar-refractivity contribution in [1.29, 1.82) is 0 Å². The Labute approximate surface area is 177 Å². The van der Waals surface area contributed by atoms with Gasteiger partial charge in [0.15, 0.2) is 0 Å². The number of aryl methyl sites for hydroxylation is 2. The zero-order chi connectivity index (χ0) is 15.5. The number of rotatable bonds is 1. The molecule has 0 aromatic heterocycles. The van der Waals surface area contributed by atoms with Crippen LogP contribution in [-0.4, -0.2) is 14.5 Å². The third-order valence-electron chi connectivity index (χ3n) is 3.77. The van der Waals surface area contributed by atoms with Crippen LogP contribution in [0.3, 0.4) is 0 Å². The molecule has 0 atom stereocenters. The monoisotopic (exact) mass is 417 g/mol. The first-order chi connectivity index (χ1) is 9.87. The molecule has 0 N–H and O–H groups in total. The summed E-state index contributed by atoms with van der Waals surface area (Å²) >= 11 is 0. The van der Waals surface area contributed by atoms with Crippen molar-refractivity contribution in [3.05, 3.63) is 46.4 Å². The number of hydrogen-bond acceptors (Lipinski definition) is 0. The summed E-state index contributed by atoms with van der Waals surface area (Å²) in [7, 11) is -0.671. The summed E-state index contributed by atoms with van der Waals surface area (Å²) in [6.45, 7) is 10.9. The molecule has 2 aromatic carbocycles. The average molecular weight is 418 g/mol. The maximum atomic E-state index is 4.55. The van der Waals surface area contributed by atoms with E-state index in [0.29, 0.717) is 0 Å². The minimum Gasteiger partial charge on any atom is -1.00 e. The second-order valence-electron chi connectivity index (χ2n) is 7.34. The first kappa shape index (κ1) is 26.5. The normalized spacial score (nSPS) is 12.9. The molecule has 0 radical (unpaired) electrons. The first-order valence-electron chi connectivity index (χ1n) is 8.25. The smallest absolute Gasteiger partial charge is 1.00 e. The Morgan fingerprint density at radius 2 is 1.58 bits per heavy atom. The van der Waals surface area contributed by atoms with E-state index in [1.807, 2.05) is 0 Å². The first-order valence-corrected chi connectivity index (χ1v) is 11.1. The Hall–Kier alpha value is 0.301. The van der Waals surface area contributed by atoms with Crippen molar-refractivity contribution in [2.24, 2.45) is 0 Å². The second-order valence-corrected chi connectivity index (χ2v) is 9.78. The van der Waals surface area contributed by atoms with Gasteiger partial charge in [-0.25, -0.2) is 0 Å². The zero-order valence-electron chi connectivity index (χ0n) is 15.5. The van der Waals surface area contributed by atoms with Crippen molar-refractivity contribution in [1.82, 2.24) is 0 Å². The number of nitrogens with zero attached hydrogens (tertiary/aromatic N) is 1. The van der Waals surface area contributed by atoms with Crippen molar-refractivity contribution in [2.45, 2.75) is 65.1 Å². The summed E-state index contributed by atoms with van der Waals surface area (Å²) in [5.41, 5.74) is 3.44. The van der Waals surface area contributed by atoms with Gasteiger partial charge in [0.1, 0.15) is 0 Å². The van der Waals surface area contributed by atoms with Gasteiger partial charge in [-0.3, -0.25) is 0 Å². The van der Waals surface area contributed by atoms with Crippen LogP contribution in [0.1, 0.15) is 44.7 Å². The maximum Gasteiger partial charge on any atom is 4.00 e. The Morgan fingerprint density at radius 1 is 1.00 bits per heavy atom. The van der Waals surface area contributed by atoms with Crippen LogP contribution >= 0.6 is 0 Å². The van der Waals surface area contributed by atoms with Crippen LogP contribution in [0.25, 0.3) is 15.8 Å². The second kappa shape index (κ2) is 11.8. The quantitative estimate of drug-likeness (QED) is 0.442. The van der Waals surface area contributed by atoms with Crippen molar-refractivity contribution in [3.8, 4) is 0 Å². The van der Waals surface area contributed by atoms with Crippen LogP contribution in [0.2, 0.25) is 13.1 Å². The van der Waals surface area contributed by atoms with Gasteiger partial charge < -0.3 is 29.8 Å². The van der Waals surface area contributed by atoms with E-state index < -0.39 is 8.96 Å². The fraction of sp³-hybridized carbons (Fsp3) is 0.526. The van der Waals surface area contributed by atoms with Gasteiger partial charge in [0.05, 0.1) is 0 Å². The fourth-order valence-corrected chi connectivity index (χ4v) is 4.80. The van der Waals surface area contributed by atoms with Crippen molar-refractivity contribution in [2.75, 3.05) is 0 Å². The summed E-state index contributed by atoms with van der Waals surface area (Å²) in [4.78, 5) is 4.55. The van der Waals surface area contributed by atoms with Crippen molar-refractivity contribution < 1.29 is 46.5 Å². The molecule has 3 rings (SSSR count). The predicted octanol–water partition coefficient (Wildman–Crippen LogP) is -0.415. The summed E-state index contributed by atoms with van der Waals surface area (Å²) in [6, 6.07) is 11.2. The van der Waals surface area contributed by atoms with Gasteiger partial charge in [-0.15, -0.1) is 46.1 Å². The topological polar surface area (TPSA) is 14.1 Å². The van der Waals surface area contributed by atoms with Gasteiger partial charge in [0, 0.05) is 0 Å². The van der Waals surface area contributed by atoms with E-state index in [-0.39, 0.29) is 52.1 Å². The number of hydrogen-bond donors (Lipinski definition) is 0. The molecule has 0 bridgehead atoms. The number of benzene rings is 1. The van der Waals surface area contributed by atoms with E-state index in [2.05, 4.69) is 69.2 Å².